The molecule has 0 bridgehead atoms. The maximum atomic E-state index is 10.1. The molecule has 0 saturated heterocycles. The van der Waals surface area contributed by atoms with Crippen LogP contribution in [0.4, 0.5) is 0 Å². The van der Waals surface area contributed by atoms with Gasteiger partial charge in [-0.05, 0) is 6.42 Å². The first-order chi connectivity index (χ1) is 14.8. The molecule has 0 aromatic carbocycles. The standard InChI is InChI=1S/C6H14O3.3C3H6O2S3/c1-2-6(3-7,4-8)5-9;3*4-2(5)3(7,8)1-6/h7-9H,2-5H2,1H3;3*6-8H,1H2,(H,4,5). The van der Waals surface area contributed by atoms with Gasteiger partial charge >= 0.3 is 17.9 Å². The number of aliphatic carboxylic acids is 3. The smallest absolute Gasteiger partial charge is 0.330 e. The zero-order valence-electron chi connectivity index (χ0n) is 17.4. The molecule has 0 aromatic heterocycles. The molecule has 0 rings (SSSR count). The SMILES string of the molecule is CCC(CO)(CO)CO.O=C(O)C(S)(S)CS.O=C(O)C(S)(S)CS.O=C(O)C(S)(S)CS. The highest BCUT2D eigenvalue weighted by Crippen LogP contribution is 2.22. The predicted octanol–water partition coefficient (Wildman–Crippen LogP) is 1.03. The first-order valence-electron chi connectivity index (χ1n) is 8.45. The molecule has 0 aliphatic carbocycles. The maximum Gasteiger partial charge on any atom is 0.330 e. The van der Waals surface area contributed by atoms with E-state index in [0.717, 1.165) is 0 Å². The normalized spacial score (nSPS) is 11.5. The van der Waals surface area contributed by atoms with Gasteiger partial charge in [0, 0.05) is 22.7 Å². The van der Waals surface area contributed by atoms with Gasteiger partial charge in [0.05, 0.1) is 19.8 Å². The minimum atomic E-state index is -1.29. The molecule has 0 atom stereocenters. The molecule has 33 heavy (non-hydrogen) atoms. The third-order valence-corrected chi connectivity index (χ3v) is 8.46. The number of carboxylic acid groups (broad SMARTS) is 3. The van der Waals surface area contributed by atoms with E-state index in [-0.39, 0.29) is 37.1 Å². The Kier molecular flexibility index (Phi) is 25.8. The first kappa shape index (κ1) is 41.6. The monoisotopic (exact) mass is 644 g/mol. The summed E-state index contributed by atoms with van der Waals surface area (Å²) in [4.78, 5) is 30.2. The molecule has 0 heterocycles. The van der Waals surface area contributed by atoms with Crippen molar-refractivity contribution in [3.63, 3.8) is 0 Å². The van der Waals surface area contributed by atoms with Crippen molar-refractivity contribution in [3.8, 4) is 0 Å². The van der Waals surface area contributed by atoms with Crippen LogP contribution in [0.2, 0.25) is 0 Å². The van der Waals surface area contributed by atoms with E-state index in [2.05, 4.69) is 114 Å². The van der Waals surface area contributed by atoms with Crippen molar-refractivity contribution >= 4 is 132 Å². The summed E-state index contributed by atoms with van der Waals surface area (Å²) >= 11 is 33.1. The van der Waals surface area contributed by atoms with Gasteiger partial charge in [-0.3, -0.25) is 0 Å². The molecule has 0 unspecified atom stereocenters. The van der Waals surface area contributed by atoms with Gasteiger partial charge in [0.25, 0.3) is 0 Å². The molecule has 200 valence electrons. The van der Waals surface area contributed by atoms with Gasteiger partial charge in [0.15, 0.2) is 12.2 Å². The first-order valence-corrected chi connectivity index (χ1v) is 13.0. The third-order valence-electron chi connectivity index (χ3n) is 3.45. The second-order valence-corrected chi connectivity index (χ2v) is 12.8. The summed E-state index contributed by atoms with van der Waals surface area (Å²) in [5.74, 6) is -2.89. The summed E-state index contributed by atoms with van der Waals surface area (Å²) in [5.41, 5.74) is -0.667. The number of hydrogen-bond acceptors (Lipinski definition) is 15. The van der Waals surface area contributed by atoms with Crippen molar-refractivity contribution in [2.45, 2.75) is 25.6 Å². The second-order valence-electron chi connectivity index (χ2n) is 6.17. The fraction of sp³-hybridized carbons (Fsp3) is 0.800. The summed E-state index contributed by atoms with van der Waals surface area (Å²) in [6, 6.07) is 0. The van der Waals surface area contributed by atoms with Crippen molar-refractivity contribution in [2.24, 2.45) is 5.41 Å². The van der Waals surface area contributed by atoms with E-state index in [0.29, 0.717) is 6.42 Å². The third kappa shape index (κ3) is 20.2. The zero-order valence-corrected chi connectivity index (χ0v) is 25.4. The van der Waals surface area contributed by atoms with Gasteiger partial charge in [0.2, 0.25) is 0 Å². The largest absolute Gasteiger partial charge is 0.480 e. The molecular weight excluding hydrogens is 613 g/mol. The van der Waals surface area contributed by atoms with Crippen molar-refractivity contribution < 1.29 is 45.0 Å². The highest BCUT2D eigenvalue weighted by Gasteiger charge is 2.28. The van der Waals surface area contributed by atoms with Crippen LogP contribution in [-0.4, -0.2) is 97.9 Å². The molecule has 6 N–H and O–H groups in total. The van der Waals surface area contributed by atoms with E-state index in [1.807, 2.05) is 6.92 Å². The highest BCUT2D eigenvalue weighted by molar-refractivity contribution is 8.04. The quantitative estimate of drug-likeness (QED) is 0.123. The molecule has 9 nitrogen and oxygen atoms in total. The Bertz CT molecular complexity index is 492. The Hall–Kier alpha value is 1.44. The number of carboxylic acids is 3. The van der Waals surface area contributed by atoms with E-state index in [4.69, 9.17) is 30.6 Å². The Morgan fingerprint density at radius 2 is 0.758 bits per heavy atom. The number of aliphatic hydroxyl groups is 3. The van der Waals surface area contributed by atoms with Gasteiger partial charge < -0.3 is 30.6 Å². The number of carbonyl (C=O) groups is 3. The molecule has 0 radical (unpaired) electrons. The number of aliphatic hydroxyl groups excluding tert-OH is 3. The Balaban J connectivity index is -0.000000170. The van der Waals surface area contributed by atoms with Gasteiger partial charge in [-0.1, -0.05) is 6.92 Å². The number of hydrogen-bond donors (Lipinski definition) is 15. The predicted molar refractivity (Wildman–Crippen MR) is 161 cm³/mol. The summed E-state index contributed by atoms with van der Waals surface area (Å²) in [7, 11) is 0. The lowest BCUT2D eigenvalue weighted by Crippen LogP contribution is -2.32. The summed E-state index contributed by atoms with van der Waals surface area (Å²) in [5, 5.41) is 50.7. The van der Waals surface area contributed by atoms with Crippen LogP contribution in [0.1, 0.15) is 13.3 Å². The van der Waals surface area contributed by atoms with Crippen LogP contribution in [0.15, 0.2) is 0 Å². The van der Waals surface area contributed by atoms with Gasteiger partial charge in [-0.25, -0.2) is 14.4 Å². The van der Waals surface area contributed by atoms with Crippen molar-refractivity contribution in [1.82, 2.24) is 0 Å². The Labute approximate surface area is 243 Å². The molecule has 0 fully saturated rings. The van der Waals surface area contributed by atoms with Crippen LogP contribution >= 0.6 is 114 Å². The fourth-order valence-corrected chi connectivity index (χ4v) is 1.09. The fourth-order valence-electron chi connectivity index (χ4n) is 0.688. The highest BCUT2D eigenvalue weighted by atomic mass is 32.2. The summed E-state index contributed by atoms with van der Waals surface area (Å²) in [6.07, 6.45) is 0.594. The number of rotatable bonds is 10. The minimum Gasteiger partial charge on any atom is -0.480 e. The average Bonchev–Trinajstić information content (AvgIpc) is 2.76. The van der Waals surface area contributed by atoms with Gasteiger partial charge in [-0.2, -0.15) is 37.9 Å². The zero-order chi connectivity index (χ0) is 27.7. The van der Waals surface area contributed by atoms with Crippen LogP contribution in [-0.2, 0) is 14.4 Å². The van der Waals surface area contributed by atoms with Crippen molar-refractivity contribution in [1.29, 1.82) is 0 Å². The Morgan fingerprint density at radius 3 is 0.758 bits per heavy atom. The Morgan fingerprint density at radius 1 is 0.576 bits per heavy atom. The molecule has 0 saturated carbocycles. The number of thiol groups is 9. The molecule has 0 aliphatic rings. The lowest BCUT2D eigenvalue weighted by molar-refractivity contribution is -0.137. The van der Waals surface area contributed by atoms with Crippen LogP contribution < -0.4 is 0 Å². The van der Waals surface area contributed by atoms with Crippen molar-refractivity contribution in [3.05, 3.63) is 0 Å². The molecule has 0 amide bonds. The summed E-state index contributed by atoms with van der Waals surface area (Å²) < 4.78 is -3.87. The van der Waals surface area contributed by atoms with E-state index >= 15 is 0 Å². The van der Waals surface area contributed by atoms with E-state index in [9.17, 15) is 14.4 Å². The molecule has 0 aliphatic heterocycles. The van der Waals surface area contributed by atoms with E-state index < -0.39 is 35.6 Å². The van der Waals surface area contributed by atoms with E-state index in [1.54, 1.807) is 0 Å². The molecular formula is C15H32O9S9. The maximum absolute atomic E-state index is 10.1. The van der Waals surface area contributed by atoms with Crippen molar-refractivity contribution in [2.75, 3.05) is 37.1 Å². The summed E-state index contributed by atoms with van der Waals surface area (Å²) in [6.45, 7) is 1.35. The van der Waals surface area contributed by atoms with E-state index in [1.165, 1.54) is 0 Å². The lowest BCUT2D eigenvalue weighted by Gasteiger charge is -2.24. The van der Waals surface area contributed by atoms with Crippen LogP contribution in [0.5, 0.6) is 0 Å². The van der Waals surface area contributed by atoms with Gasteiger partial charge in [0.1, 0.15) is 0 Å². The lowest BCUT2D eigenvalue weighted by atomic mass is 9.88. The topological polar surface area (TPSA) is 173 Å². The van der Waals surface area contributed by atoms with Crippen LogP contribution in [0.3, 0.4) is 0 Å². The van der Waals surface area contributed by atoms with Crippen LogP contribution in [0, 0.1) is 5.41 Å². The average molecular weight is 645 g/mol. The van der Waals surface area contributed by atoms with Gasteiger partial charge in [-0.15, -0.1) is 75.8 Å². The molecule has 0 spiro atoms. The second kappa shape index (κ2) is 20.5. The molecule has 18 heteroatoms. The minimum absolute atomic E-state index is 0.106. The molecule has 0 aromatic rings. The van der Waals surface area contributed by atoms with Crippen LogP contribution in [0.25, 0.3) is 0 Å².